The number of carbonyl (C=O) groups excluding carboxylic acids is 1. The van der Waals surface area contributed by atoms with E-state index in [-0.39, 0.29) is 15.6 Å². The zero-order chi connectivity index (χ0) is 16.3. The molecule has 1 amide bonds. The molecule has 0 unspecified atom stereocenters. The highest BCUT2D eigenvalue weighted by Gasteiger charge is 2.27. The molecule has 0 fully saturated rings. The highest BCUT2D eigenvalue weighted by atomic mass is 35.5. The molecule has 0 heterocycles. The molecule has 2 aromatic carbocycles. The maximum Gasteiger partial charge on any atom is 0.264 e. The summed E-state index contributed by atoms with van der Waals surface area (Å²) < 4.78 is 26.3. The average molecular weight is 359 g/mol. The van der Waals surface area contributed by atoms with E-state index in [1.54, 1.807) is 18.2 Å². The van der Waals surface area contributed by atoms with E-state index in [1.165, 1.54) is 30.3 Å². The molecule has 2 aromatic rings. The van der Waals surface area contributed by atoms with Gasteiger partial charge in [0.25, 0.3) is 10.0 Å². The molecule has 0 spiro atoms. The lowest BCUT2D eigenvalue weighted by atomic mass is 10.3. The summed E-state index contributed by atoms with van der Waals surface area (Å²) in [5.74, 6) is -0.800. The number of sulfonamides is 1. The molecule has 22 heavy (non-hydrogen) atoms. The van der Waals surface area contributed by atoms with Crippen molar-refractivity contribution in [3.63, 3.8) is 0 Å². The normalized spacial score (nSPS) is 11.2. The van der Waals surface area contributed by atoms with Gasteiger partial charge in [-0.25, -0.2) is 8.42 Å². The monoisotopic (exact) mass is 358 g/mol. The SMILES string of the molecule is NC(=O)CN(c1ccc(Cl)cc1Cl)S(=O)(=O)c1ccccc1. The molecule has 0 atom stereocenters. The fourth-order valence-electron chi connectivity index (χ4n) is 1.84. The second kappa shape index (κ2) is 6.56. The van der Waals surface area contributed by atoms with Crippen LogP contribution in [0.2, 0.25) is 10.0 Å². The Labute approximate surface area is 138 Å². The number of hydrogen-bond acceptors (Lipinski definition) is 3. The van der Waals surface area contributed by atoms with E-state index in [9.17, 15) is 13.2 Å². The van der Waals surface area contributed by atoms with Gasteiger partial charge in [0, 0.05) is 5.02 Å². The van der Waals surface area contributed by atoms with Gasteiger partial charge < -0.3 is 5.73 Å². The zero-order valence-corrected chi connectivity index (χ0v) is 13.6. The average Bonchev–Trinajstić information content (AvgIpc) is 2.46. The Morgan fingerprint density at radius 3 is 2.27 bits per heavy atom. The minimum atomic E-state index is -3.98. The number of primary amides is 1. The number of halogens is 2. The number of anilines is 1. The molecule has 0 radical (unpaired) electrons. The van der Waals surface area contributed by atoms with Gasteiger partial charge in [0.2, 0.25) is 5.91 Å². The molecule has 0 aliphatic carbocycles. The summed E-state index contributed by atoms with van der Waals surface area (Å²) in [7, 11) is -3.98. The van der Waals surface area contributed by atoms with E-state index < -0.39 is 22.5 Å². The molecule has 0 bridgehead atoms. The molecule has 2 rings (SSSR count). The van der Waals surface area contributed by atoms with Gasteiger partial charge in [-0.15, -0.1) is 0 Å². The summed E-state index contributed by atoms with van der Waals surface area (Å²) in [4.78, 5) is 11.3. The Hall–Kier alpha value is -1.76. The molecule has 8 heteroatoms. The number of rotatable bonds is 5. The van der Waals surface area contributed by atoms with Crippen molar-refractivity contribution >= 4 is 44.8 Å². The van der Waals surface area contributed by atoms with Gasteiger partial charge in [-0.05, 0) is 30.3 Å². The zero-order valence-electron chi connectivity index (χ0n) is 11.2. The van der Waals surface area contributed by atoms with Crippen LogP contribution in [0.4, 0.5) is 5.69 Å². The van der Waals surface area contributed by atoms with Crippen molar-refractivity contribution in [3.8, 4) is 0 Å². The predicted octanol–water partition coefficient (Wildman–Crippen LogP) is 2.67. The smallest absolute Gasteiger partial charge is 0.264 e. The molecule has 0 aliphatic heterocycles. The quantitative estimate of drug-likeness (QED) is 0.891. The number of nitrogens with two attached hydrogens (primary N) is 1. The number of amides is 1. The predicted molar refractivity (Wildman–Crippen MR) is 86.6 cm³/mol. The summed E-state index contributed by atoms with van der Waals surface area (Å²) in [6.07, 6.45) is 0. The molecule has 0 saturated heterocycles. The summed E-state index contributed by atoms with van der Waals surface area (Å²) >= 11 is 11.9. The lowest BCUT2D eigenvalue weighted by molar-refractivity contribution is -0.116. The Kier molecular flexibility index (Phi) is 4.95. The van der Waals surface area contributed by atoms with Gasteiger partial charge in [0.05, 0.1) is 15.6 Å². The molecular formula is C14H12Cl2N2O3S. The van der Waals surface area contributed by atoms with E-state index in [1.807, 2.05) is 0 Å². The Bertz CT molecular complexity index is 795. The van der Waals surface area contributed by atoms with Crippen LogP contribution in [0.3, 0.4) is 0 Å². The van der Waals surface area contributed by atoms with Gasteiger partial charge in [-0.1, -0.05) is 41.4 Å². The van der Waals surface area contributed by atoms with Crippen molar-refractivity contribution < 1.29 is 13.2 Å². The molecule has 0 aromatic heterocycles. The maximum atomic E-state index is 12.7. The summed E-state index contributed by atoms with van der Waals surface area (Å²) in [5, 5.41) is 0.457. The first-order valence-corrected chi connectivity index (χ1v) is 8.33. The lowest BCUT2D eigenvalue weighted by Gasteiger charge is -2.24. The second-order valence-corrected chi connectivity index (χ2v) is 7.09. The Morgan fingerprint density at radius 2 is 1.73 bits per heavy atom. The maximum absolute atomic E-state index is 12.7. The van der Waals surface area contributed by atoms with Crippen LogP contribution in [-0.4, -0.2) is 20.9 Å². The molecule has 2 N–H and O–H groups in total. The van der Waals surface area contributed by atoms with Crippen molar-refractivity contribution in [3.05, 3.63) is 58.6 Å². The van der Waals surface area contributed by atoms with Gasteiger partial charge in [-0.3, -0.25) is 9.10 Å². The molecule has 0 aliphatic rings. The lowest BCUT2D eigenvalue weighted by Crippen LogP contribution is -2.38. The van der Waals surface area contributed by atoms with Crippen LogP contribution in [0.25, 0.3) is 0 Å². The first-order valence-electron chi connectivity index (χ1n) is 6.13. The molecular weight excluding hydrogens is 347 g/mol. The van der Waals surface area contributed by atoms with Crippen LogP contribution in [-0.2, 0) is 14.8 Å². The van der Waals surface area contributed by atoms with E-state index in [2.05, 4.69) is 0 Å². The van der Waals surface area contributed by atoms with Gasteiger partial charge in [0.1, 0.15) is 6.54 Å². The van der Waals surface area contributed by atoms with Gasteiger partial charge in [-0.2, -0.15) is 0 Å². The second-order valence-electron chi connectivity index (χ2n) is 4.39. The fraction of sp³-hybridized carbons (Fsp3) is 0.0714. The van der Waals surface area contributed by atoms with Crippen LogP contribution < -0.4 is 10.0 Å². The van der Waals surface area contributed by atoms with Crippen LogP contribution in [0.1, 0.15) is 0 Å². The van der Waals surface area contributed by atoms with E-state index >= 15 is 0 Å². The number of benzene rings is 2. The van der Waals surface area contributed by atoms with Crippen LogP contribution in [0.15, 0.2) is 53.4 Å². The first kappa shape index (κ1) is 16.6. The van der Waals surface area contributed by atoms with Crippen molar-refractivity contribution in [1.29, 1.82) is 0 Å². The summed E-state index contributed by atoms with van der Waals surface area (Å²) in [6.45, 7) is -0.529. The first-order chi connectivity index (χ1) is 10.3. The molecule has 5 nitrogen and oxygen atoms in total. The number of hydrogen-bond donors (Lipinski definition) is 1. The highest BCUT2D eigenvalue weighted by molar-refractivity contribution is 7.92. The van der Waals surface area contributed by atoms with Crippen LogP contribution in [0, 0.1) is 0 Å². The third kappa shape index (κ3) is 3.52. The summed E-state index contributed by atoms with van der Waals surface area (Å²) in [5.41, 5.74) is 5.30. The Balaban J connectivity index is 2.58. The molecule has 116 valence electrons. The minimum absolute atomic E-state index is 0.0299. The van der Waals surface area contributed by atoms with Crippen molar-refractivity contribution in [2.24, 2.45) is 5.73 Å². The largest absolute Gasteiger partial charge is 0.368 e. The highest BCUT2D eigenvalue weighted by Crippen LogP contribution is 2.32. The Morgan fingerprint density at radius 1 is 1.09 bits per heavy atom. The van der Waals surface area contributed by atoms with Gasteiger partial charge in [0.15, 0.2) is 0 Å². The minimum Gasteiger partial charge on any atom is -0.368 e. The van der Waals surface area contributed by atoms with Crippen molar-refractivity contribution in [2.75, 3.05) is 10.8 Å². The van der Waals surface area contributed by atoms with Gasteiger partial charge >= 0.3 is 0 Å². The topological polar surface area (TPSA) is 80.5 Å². The van der Waals surface area contributed by atoms with Crippen molar-refractivity contribution in [2.45, 2.75) is 4.90 Å². The van der Waals surface area contributed by atoms with E-state index in [4.69, 9.17) is 28.9 Å². The third-order valence-electron chi connectivity index (χ3n) is 2.81. The van der Waals surface area contributed by atoms with Crippen molar-refractivity contribution in [1.82, 2.24) is 0 Å². The van der Waals surface area contributed by atoms with E-state index in [0.29, 0.717) is 5.02 Å². The molecule has 0 saturated carbocycles. The van der Waals surface area contributed by atoms with Crippen LogP contribution in [0.5, 0.6) is 0 Å². The summed E-state index contributed by atoms with van der Waals surface area (Å²) in [6, 6.07) is 12.0. The van der Waals surface area contributed by atoms with E-state index in [0.717, 1.165) is 4.31 Å². The fourth-order valence-corrected chi connectivity index (χ4v) is 3.88. The van der Waals surface area contributed by atoms with Crippen LogP contribution >= 0.6 is 23.2 Å². The number of carbonyl (C=O) groups is 1. The number of nitrogens with zero attached hydrogens (tertiary/aromatic N) is 1. The third-order valence-corrected chi connectivity index (χ3v) is 5.12. The standard InChI is InChI=1S/C14H12Cl2N2O3S/c15-10-6-7-13(12(16)8-10)18(9-14(17)19)22(20,21)11-4-2-1-3-5-11/h1-8H,9H2,(H2,17,19).